The van der Waals surface area contributed by atoms with Crippen molar-refractivity contribution in [3.8, 4) is 0 Å². The van der Waals surface area contributed by atoms with Gasteiger partial charge < -0.3 is 5.32 Å². The Bertz CT molecular complexity index is 437. The molecule has 1 fully saturated rings. The van der Waals surface area contributed by atoms with E-state index in [-0.39, 0.29) is 0 Å². The van der Waals surface area contributed by atoms with Crippen molar-refractivity contribution in [1.29, 1.82) is 0 Å². The van der Waals surface area contributed by atoms with Crippen molar-refractivity contribution in [2.75, 3.05) is 0 Å². The number of aryl methyl sites for hydroxylation is 2. The van der Waals surface area contributed by atoms with Crippen LogP contribution in [0.2, 0.25) is 0 Å². The quantitative estimate of drug-likeness (QED) is 0.846. The third kappa shape index (κ3) is 2.86. The lowest BCUT2D eigenvalue weighted by atomic mass is 9.89. The van der Waals surface area contributed by atoms with Crippen LogP contribution in [-0.4, -0.2) is 6.04 Å². The summed E-state index contributed by atoms with van der Waals surface area (Å²) in [5.74, 6) is 0.847. The molecule has 1 saturated carbocycles. The highest BCUT2D eigenvalue weighted by Crippen LogP contribution is 2.29. The van der Waals surface area contributed by atoms with Crippen molar-refractivity contribution in [3.63, 3.8) is 0 Å². The Labute approximate surface area is 117 Å². The van der Waals surface area contributed by atoms with Crippen LogP contribution in [0.1, 0.15) is 68.7 Å². The van der Waals surface area contributed by atoms with Gasteiger partial charge in [0.15, 0.2) is 0 Å². The highest BCUT2D eigenvalue weighted by atomic mass is 15.0. The third-order valence-corrected chi connectivity index (χ3v) is 5.20. The first-order chi connectivity index (χ1) is 9.24. The summed E-state index contributed by atoms with van der Waals surface area (Å²) in [6.45, 7) is 4.72. The molecule has 2 aliphatic rings. The van der Waals surface area contributed by atoms with Crippen molar-refractivity contribution in [2.45, 2.75) is 70.9 Å². The van der Waals surface area contributed by atoms with Crippen molar-refractivity contribution < 1.29 is 0 Å². The average Bonchev–Trinajstić information content (AvgIpc) is 2.84. The second-order valence-electron chi connectivity index (χ2n) is 6.64. The van der Waals surface area contributed by atoms with E-state index in [1.165, 1.54) is 50.5 Å². The van der Waals surface area contributed by atoms with Gasteiger partial charge in [-0.15, -0.1) is 0 Å². The van der Waals surface area contributed by atoms with Crippen molar-refractivity contribution in [3.05, 3.63) is 34.9 Å². The summed E-state index contributed by atoms with van der Waals surface area (Å²) in [4.78, 5) is 0. The Balaban J connectivity index is 1.70. The van der Waals surface area contributed by atoms with E-state index in [4.69, 9.17) is 0 Å². The van der Waals surface area contributed by atoms with Gasteiger partial charge in [0.1, 0.15) is 0 Å². The monoisotopic (exact) mass is 257 g/mol. The van der Waals surface area contributed by atoms with Crippen molar-refractivity contribution in [1.82, 2.24) is 5.32 Å². The smallest absolute Gasteiger partial charge is 0.0294 e. The first-order valence-corrected chi connectivity index (χ1v) is 8.12. The number of rotatable bonds is 3. The number of hydrogen-bond donors (Lipinski definition) is 1. The van der Waals surface area contributed by atoms with Crippen LogP contribution in [-0.2, 0) is 12.8 Å². The first-order valence-electron chi connectivity index (χ1n) is 8.12. The van der Waals surface area contributed by atoms with E-state index in [1.807, 2.05) is 0 Å². The number of nitrogens with one attached hydrogen (secondary N) is 1. The molecule has 2 aliphatic carbocycles. The van der Waals surface area contributed by atoms with Crippen LogP contribution < -0.4 is 5.32 Å². The van der Waals surface area contributed by atoms with Crippen LogP contribution in [0.15, 0.2) is 18.2 Å². The van der Waals surface area contributed by atoms with E-state index in [2.05, 4.69) is 37.4 Å². The predicted octanol–water partition coefficient (Wildman–Crippen LogP) is 4.40. The zero-order valence-electron chi connectivity index (χ0n) is 12.4. The van der Waals surface area contributed by atoms with Crippen LogP contribution in [0, 0.1) is 5.92 Å². The summed E-state index contributed by atoms with van der Waals surface area (Å²) in [7, 11) is 0. The van der Waals surface area contributed by atoms with E-state index >= 15 is 0 Å². The molecule has 19 heavy (non-hydrogen) atoms. The van der Waals surface area contributed by atoms with Crippen molar-refractivity contribution in [2.24, 2.45) is 5.92 Å². The fraction of sp³-hybridized carbons (Fsp3) is 0.667. The Morgan fingerprint density at radius 2 is 1.84 bits per heavy atom. The van der Waals surface area contributed by atoms with E-state index < -0.39 is 0 Å². The first kappa shape index (κ1) is 13.2. The standard InChI is InChI=1S/C18H27N/c1-13-6-5-9-18(13)19-14(2)16-11-10-15-7-3-4-8-17(15)12-16/h10-14,18-19H,3-9H2,1-2H3. The molecule has 3 unspecified atom stereocenters. The summed E-state index contributed by atoms with van der Waals surface area (Å²) in [5, 5.41) is 3.85. The summed E-state index contributed by atoms with van der Waals surface area (Å²) in [5.41, 5.74) is 4.69. The van der Waals surface area contributed by atoms with Gasteiger partial charge in [-0.1, -0.05) is 31.5 Å². The van der Waals surface area contributed by atoms with Gasteiger partial charge in [-0.05, 0) is 68.1 Å². The van der Waals surface area contributed by atoms with E-state index in [1.54, 1.807) is 11.1 Å². The Hall–Kier alpha value is -0.820. The van der Waals surface area contributed by atoms with Crippen LogP contribution in [0.3, 0.4) is 0 Å². The molecule has 1 N–H and O–H groups in total. The van der Waals surface area contributed by atoms with Crippen LogP contribution >= 0.6 is 0 Å². The van der Waals surface area contributed by atoms with E-state index in [0.29, 0.717) is 6.04 Å². The molecular weight excluding hydrogens is 230 g/mol. The minimum Gasteiger partial charge on any atom is -0.307 e. The lowest BCUT2D eigenvalue weighted by Gasteiger charge is -2.25. The molecule has 104 valence electrons. The molecule has 3 rings (SSSR count). The second kappa shape index (κ2) is 5.66. The number of fused-ring (bicyclic) bond motifs is 1. The maximum absolute atomic E-state index is 3.85. The maximum Gasteiger partial charge on any atom is 0.0294 e. The van der Waals surface area contributed by atoms with Gasteiger partial charge in [-0.2, -0.15) is 0 Å². The van der Waals surface area contributed by atoms with Crippen molar-refractivity contribution >= 4 is 0 Å². The predicted molar refractivity (Wildman–Crippen MR) is 81.4 cm³/mol. The van der Waals surface area contributed by atoms with Gasteiger partial charge in [0.05, 0.1) is 0 Å². The van der Waals surface area contributed by atoms with Gasteiger partial charge in [-0.25, -0.2) is 0 Å². The summed E-state index contributed by atoms with van der Waals surface area (Å²) < 4.78 is 0. The molecular formula is C18H27N. The molecule has 0 aromatic heterocycles. The Morgan fingerprint density at radius 1 is 1.05 bits per heavy atom. The number of benzene rings is 1. The zero-order chi connectivity index (χ0) is 13.2. The van der Waals surface area contributed by atoms with E-state index in [0.717, 1.165) is 12.0 Å². The number of hydrogen-bond acceptors (Lipinski definition) is 1. The molecule has 0 saturated heterocycles. The summed E-state index contributed by atoms with van der Waals surface area (Å²) >= 11 is 0. The van der Waals surface area contributed by atoms with Crippen LogP contribution in [0.25, 0.3) is 0 Å². The van der Waals surface area contributed by atoms with Crippen LogP contribution in [0.4, 0.5) is 0 Å². The molecule has 1 nitrogen and oxygen atoms in total. The maximum atomic E-state index is 3.85. The molecule has 1 heteroatoms. The van der Waals surface area contributed by atoms with Gasteiger partial charge in [0, 0.05) is 12.1 Å². The molecule has 0 aliphatic heterocycles. The molecule has 0 amide bonds. The zero-order valence-corrected chi connectivity index (χ0v) is 12.4. The SMILES string of the molecule is CC(NC1CCCC1C)c1ccc2c(c1)CCCC2. The minimum atomic E-state index is 0.498. The topological polar surface area (TPSA) is 12.0 Å². The third-order valence-electron chi connectivity index (χ3n) is 5.20. The van der Waals surface area contributed by atoms with E-state index in [9.17, 15) is 0 Å². The highest BCUT2D eigenvalue weighted by molar-refractivity contribution is 5.35. The summed E-state index contributed by atoms with van der Waals surface area (Å²) in [6, 6.07) is 8.41. The fourth-order valence-electron chi connectivity index (χ4n) is 3.83. The molecule has 1 aromatic rings. The lowest BCUT2D eigenvalue weighted by Crippen LogP contribution is -2.33. The molecule has 1 aromatic carbocycles. The van der Waals surface area contributed by atoms with Gasteiger partial charge in [0.25, 0.3) is 0 Å². The molecule has 0 radical (unpaired) electrons. The van der Waals surface area contributed by atoms with Gasteiger partial charge in [0.2, 0.25) is 0 Å². The molecule has 0 spiro atoms. The largest absolute Gasteiger partial charge is 0.307 e. The Morgan fingerprint density at radius 3 is 2.58 bits per heavy atom. The second-order valence-corrected chi connectivity index (χ2v) is 6.64. The van der Waals surface area contributed by atoms with Gasteiger partial charge >= 0.3 is 0 Å². The minimum absolute atomic E-state index is 0.498. The summed E-state index contributed by atoms with van der Waals surface area (Å²) in [6.07, 6.45) is 9.48. The van der Waals surface area contributed by atoms with Crippen LogP contribution in [0.5, 0.6) is 0 Å². The molecule has 0 heterocycles. The molecule has 0 bridgehead atoms. The van der Waals surface area contributed by atoms with Gasteiger partial charge in [-0.3, -0.25) is 0 Å². The highest BCUT2D eigenvalue weighted by Gasteiger charge is 2.24. The average molecular weight is 257 g/mol. The molecule has 3 atom stereocenters. The Kier molecular flexibility index (Phi) is 3.93. The normalized spacial score (nSPS) is 28.1. The lowest BCUT2D eigenvalue weighted by molar-refractivity contribution is 0.388. The fourth-order valence-corrected chi connectivity index (χ4v) is 3.83.